The van der Waals surface area contributed by atoms with E-state index in [9.17, 15) is 12.8 Å². The molecule has 106 valence electrons. The van der Waals surface area contributed by atoms with Crippen molar-refractivity contribution in [2.75, 3.05) is 13.1 Å². The van der Waals surface area contributed by atoms with Crippen LogP contribution in [-0.2, 0) is 14.8 Å². The number of rotatable bonds is 2. The summed E-state index contributed by atoms with van der Waals surface area (Å²) in [6.45, 7) is 5.77. The predicted molar refractivity (Wildman–Crippen MR) is 67.6 cm³/mol. The van der Waals surface area contributed by atoms with Gasteiger partial charge in [-0.25, -0.2) is 17.8 Å². The fourth-order valence-corrected chi connectivity index (χ4v) is 3.90. The van der Waals surface area contributed by atoms with E-state index in [4.69, 9.17) is 4.74 Å². The largest absolute Gasteiger partial charge is 0.370 e. The first-order valence-electron chi connectivity index (χ1n) is 6.01. The second kappa shape index (κ2) is 4.81. The summed E-state index contributed by atoms with van der Waals surface area (Å²) in [5.74, 6) is -0.834. The van der Waals surface area contributed by atoms with Gasteiger partial charge in [0.15, 0.2) is 5.82 Å². The van der Waals surface area contributed by atoms with E-state index in [0.29, 0.717) is 0 Å². The fourth-order valence-electron chi connectivity index (χ4n) is 2.26. The summed E-state index contributed by atoms with van der Waals surface area (Å²) in [5, 5.41) is -0.528. The van der Waals surface area contributed by atoms with Crippen LogP contribution in [0.15, 0.2) is 23.4 Å². The van der Waals surface area contributed by atoms with Gasteiger partial charge in [0.1, 0.15) is 0 Å². The lowest BCUT2D eigenvalue weighted by atomic mass is 10.1. The van der Waals surface area contributed by atoms with Gasteiger partial charge in [-0.05, 0) is 32.9 Å². The van der Waals surface area contributed by atoms with Crippen molar-refractivity contribution in [3.63, 3.8) is 0 Å². The Balaban J connectivity index is 2.38. The third-order valence-electron chi connectivity index (χ3n) is 2.85. The highest BCUT2D eigenvalue weighted by Gasteiger charge is 2.39. The molecular weight excluding hydrogens is 271 g/mol. The number of morpholine rings is 1. The lowest BCUT2D eigenvalue weighted by molar-refractivity contribution is -0.109. The maximum atomic E-state index is 13.6. The maximum absolute atomic E-state index is 13.6. The Kier molecular flexibility index (Phi) is 3.63. The van der Waals surface area contributed by atoms with Crippen LogP contribution in [0.5, 0.6) is 0 Å². The first-order chi connectivity index (χ1) is 8.72. The van der Waals surface area contributed by atoms with Crippen molar-refractivity contribution in [3.8, 4) is 0 Å². The van der Waals surface area contributed by atoms with E-state index in [0.717, 1.165) is 6.07 Å². The summed E-state index contributed by atoms with van der Waals surface area (Å²) in [6, 6.07) is 2.45. The monoisotopic (exact) mass is 288 g/mol. The quantitative estimate of drug-likeness (QED) is 0.825. The van der Waals surface area contributed by atoms with Gasteiger partial charge in [-0.3, -0.25) is 0 Å². The lowest BCUT2D eigenvalue weighted by Crippen LogP contribution is -2.53. The van der Waals surface area contributed by atoms with Crippen molar-refractivity contribution in [1.29, 1.82) is 0 Å². The minimum absolute atomic E-state index is 0.176. The molecule has 0 saturated carbocycles. The number of hydrogen-bond acceptors (Lipinski definition) is 4. The van der Waals surface area contributed by atoms with Gasteiger partial charge in [-0.15, -0.1) is 0 Å². The van der Waals surface area contributed by atoms with Gasteiger partial charge in [0, 0.05) is 19.3 Å². The van der Waals surface area contributed by atoms with Crippen LogP contribution >= 0.6 is 0 Å². The molecule has 1 aliphatic heterocycles. The molecule has 0 bridgehead atoms. The summed E-state index contributed by atoms with van der Waals surface area (Å²) in [7, 11) is -3.93. The van der Waals surface area contributed by atoms with Crippen LogP contribution in [0, 0.1) is 5.82 Å². The van der Waals surface area contributed by atoms with Gasteiger partial charge in [0.05, 0.1) is 11.7 Å². The van der Waals surface area contributed by atoms with Crippen LogP contribution < -0.4 is 0 Å². The van der Waals surface area contributed by atoms with Crippen molar-refractivity contribution in [3.05, 3.63) is 24.1 Å². The van der Waals surface area contributed by atoms with Crippen LogP contribution in [0.2, 0.25) is 0 Å². The molecule has 1 aromatic rings. The van der Waals surface area contributed by atoms with Crippen molar-refractivity contribution < 1.29 is 17.5 Å². The van der Waals surface area contributed by atoms with Crippen LogP contribution in [0.3, 0.4) is 0 Å². The SMILES string of the molecule is CC1CN(S(=O)(=O)c2ncccc2F)CC(C)(C)O1. The number of sulfonamides is 1. The molecule has 1 unspecified atom stereocenters. The molecule has 0 spiro atoms. The van der Waals surface area contributed by atoms with Gasteiger partial charge in [-0.1, -0.05) is 0 Å². The van der Waals surface area contributed by atoms with Gasteiger partial charge in [0.2, 0.25) is 5.03 Å². The number of ether oxygens (including phenoxy) is 1. The zero-order valence-corrected chi connectivity index (χ0v) is 11.9. The molecule has 1 saturated heterocycles. The molecule has 0 aromatic carbocycles. The predicted octanol–water partition coefficient (Wildman–Crippen LogP) is 1.41. The Morgan fingerprint density at radius 3 is 2.79 bits per heavy atom. The Morgan fingerprint density at radius 2 is 2.21 bits per heavy atom. The molecule has 0 amide bonds. The summed E-state index contributed by atoms with van der Waals surface area (Å²) in [4.78, 5) is 3.65. The van der Waals surface area contributed by atoms with Crippen LogP contribution in [0.25, 0.3) is 0 Å². The highest BCUT2D eigenvalue weighted by Crippen LogP contribution is 2.26. The Hall–Kier alpha value is -1.05. The zero-order valence-electron chi connectivity index (χ0n) is 11.1. The number of pyridine rings is 1. The lowest BCUT2D eigenvalue weighted by Gasteiger charge is -2.40. The van der Waals surface area contributed by atoms with E-state index in [1.807, 2.05) is 0 Å². The van der Waals surface area contributed by atoms with Crippen molar-refractivity contribution in [2.45, 2.75) is 37.5 Å². The normalized spacial score (nSPS) is 24.3. The maximum Gasteiger partial charge on any atom is 0.263 e. The van der Waals surface area contributed by atoms with E-state index >= 15 is 0 Å². The fraction of sp³-hybridized carbons (Fsp3) is 0.583. The van der Waals surface area contributed by atoms with E-state index < -0.39 is 26.5 Å². The second-order valence-electron chi connectivity index (χ2n) is 5.28. The minimum atomic E-state index is -3.93. The number of nitrogens with zero attached hydrogens (tertiary/aromatic N) is 2. The Labute approximate surface area is 112 Å². The van der Waals surface area contributed by atoms with E-state index in [2.05, 4.69) is 4.98 Å². The average Bonchev–Trinajstić information content (AvgIpc) is 2.26. The Morgan fingerprint density at radius 1 is 1.53 bits per heavy atom. The van der Waals surface area contributed by atoms with Crippen molar-refractivity contribution in [1.82, 2.24) is 9.29 Å². The van der Waals surface area contributed by atoms with Crippen LogP contribution in [0.1, 0.15) is 20.8 Å². The van der Waals surface area contributed by atoms with Gasteiger partial charge < -0.3 is 4.74 Å². The molecule has 1 aromatic heterocycles. The highest BCUT2D eigenvalue weighted by molar-refractivity contribution is 7.89. The van der Waals surface area contributed by atoms with E-state index in [1.165, 1.54) is 16.6 Å². The molecule has 2 rings (SSSR count). The minimum Gasteiger partial charge on any atom is -0.370 e. The first kappa shape index (κ1) is 14.4. The standard InChI is InChI=1S/C12H17FN2O3S/c1-9-7-15(8-12(2,3)18-9)19(16,17)11-10(13)5-4-6-14-11/h4-6,9H,7-8H2,1-3H3. The van der Waals surface area contributed by atoms with Crippen LogP contribution in [0.4, 0.5) is 4.39 Å². The summed E-state index contributed by atoms with van der Waals surface area (Å²) < 4.78 is 45.3. The molecule has 1 aliphatic rings. The zero-order chi connectivity index (χ0) is 14.3. The first-order valence-corrected chi connectivity index (χ1v) is 7.45. The number of hydrogen-bond donors (Lipinski definition) is 0. The summed E-state index contributed by atoms with van der Waals surface area (Å²) >= 11 is 0. The van der Waals surface area contributed by atoms with Crippen LogP contribution in [-0.4, -0.2) is 42.5 Å². The second-order valence-corrected chi connectivity index (χ2v) is 7.13. The Bertz CT molecular complexity index is 574. The molecule has 2 heterocycles. The highest BCUT2D eigenvalue weighted by atomic mass is 32.2. The molecular formula is C12H17FN2O3S. The topological polar surface area (TPSA) is 59.5 Å². The summed E-state index contributed by atoms with van der Waals surface area (Å²) in [6.07, 6.45) is 1.02. The number of aromatic nitrogens is 1. The molecule has 5 nitrogen and oxygen atoms in total. The molecule has 1 fully saturated rings. The molecule has 0 N–H and O–H groups in total. The van der Waals surface area contributed by atoms with Gasteiger partial charge in [0.25, 0.3) is 10.0 Å². The smallest absolute Gasteiger partial charge is 0.263 e. The molecule has 7 heteroatoms. The summed E-state index contributed by atoms with van der Waals surface area (Å²) in [5.41, 5.74) is -0.601. The third kappa shape index (κ3) is 2.93. The van der Waals surface area contributed by atoms with Gasteiger partial charge in [-0.2, -0.15) is 4.31 Å². The van der Waals surface area contributed by atoms with Crippen molar-refractivity contribution in [2.24, 2.45) is 0 Å². The van der Waals surface area contributed by atoms with E-state index in [-0.39, 0.29) is 19.2 Å². The molecule has 19 heavy (non-hydrogen) atoms. The van der Waals surface area contributed by atoms with E-state index in [1.54, 1.807) is 20.8 Å². The number of halogens is 1. The molecule has 0 radical (unpaired) electrons. The average molecular weight is 288 g/mol. The molecule has 1 atom stereocenters. The van der Waals surface area contributed by atoms with Crippen molar-refractivity contribution >= 4 is 10.0 Å². The van der Waals surface area contributed by atoms with Gasteiger partial charge >= 0.3 is 0 Å². The molecule has 0 aliphatic carbocycles. The third-order valence-corrected chi connectivity index (χ3v) is 4.59.